The van der Waals surface area contributed by atoms with Crippen molar-refractivity contribution in [1.82, 2.24) is 4.98 Å². The molecule has 0 bridgehead atoms. The highest BCUT2D eigenvalue weighted by Crippen LogP contribution is 2.25. The van der Waals surface area contributed by atoms with Crippen LogP contribution in [-0.4, -0.2) is 17.4 Å². The van der Waals surface area contributed by atoms with Crippen LogP contribution in [0.1, 0.15) is 18.2 Å². The van der Waals surface area contributed by atoms with Crippen LogP contribution in [0.3, 0.4) is 0 Å². The van der Waals surface area contributed by atoms with Crippen LogP contribution in [0, 0.1) is 5.41 Å². The Bertz CT molecular complexity index is 598. The fourth-order valence-electron chi connectivity index (χ4n) is 2.05. The molecule has 0 radical (unpaired) electrons. The molecule has 2 aromatic rings. The van der Waals surface area contributed by atoms with E-state index >= 15 is 0 Å². The Hall–Kier alpha value is -2.07. The van der Waals surface area contributed by atoms with Crippen molar-refractivity contribution >= 4 is 23.1 Å². The van der Waals surface area contributed by atoms with E-state index in [0.717, 1.165) is 17.9 Å². The van der Waals surface area contributed by atoms with Crippen LogP contribution in [0.5, 0.6) is 0 Å². The first-order chi connectivity index (χ1) is 9.61. The van der Waals surface area contributed by atoms with E-state index in [0.29, 0.717) is 17.1 Å². The van der Waals surface area contributed by atoms with Gasteiger partial charge in [0, 0.05) is 29.0 Å². The first-order valence-corrected chi connectivity index (χ1v) is 6.78. The normalized spacial score (nSPS) is 10.3. The van der Waals surface area contributed by atoms with Crippen molar-refractivity contribution in [3.63, 3.8) is 0 Å². The minimum atomic E-state index is 0.0157. The average molecular weight is 289 g/mol. The summed E-state index contributed by atoms with van der Waals surface area (Å²) >= 11 is 5.99. The number of amidine groups is 1. The molecule has 0 aliphatic heterocycles. The van der Waals surface area contributed by atoms with E-state index in [1.165, 1.54) is 0 Å². The third kappa shape index (κ3) is 3.27. The van der Waals surface area contributed by atoms with Crippen LogP contribution in [-0.2, 0) is 6.54 Å². The van der Waals surface area contributed by atoms with Gasteiger partial charge >= 0.3 is 0 Å². The van der Waals surface area contributed by atoms with Gasteiger partial charge < -0.3 is 10.6 Å². The Morgan fingerprint density at radius 1 is 1.35 bits per heavy atom. The Morgan fingerprint density at radius 3 is 2.75 bits per heavy atom. The quantitative estimate of drug-likeness (QED) is 0.656. The number of hydrogen-bond acceptors (Lipinski definition) is 3. The van der Waals surface area contributed by atoms with Gasteiger partial charge in [-0.2, -0.15) is 0 Å². The fourth-order valence-corrected chi connectivity index (χ4v) is 2.23. The molecule has 0 aliphatic carbocycles. The lowest BCUT2D eigenvalue weighted by Gasteiger charge is -2.25. The molecule has 0 spiro atoms. The molecular weight excluding hydrogens is 272 g/mol. The number of aromatic nitrogens is 1. The second-order valence-corrected chi connectivity index (χ2v) is 4.85. The number of nitrogens with zero attached hydrogens (tertiary/aromatic N) is 2. The summed E-state index contributed by atoms with van der Waals surface area (Å²) in [6.45, 7) is 3.51. The molecule has 104 valence electrons. The second kappa shape index (κ2) is 6.39. The van der Waals surface area contributed by atoms with Crippen molar-refractivity contribution in [3.05, 3.63) is 58.9 Å². The molecule has 0 amide bonds. The summed E-state index contributed by atoms with van der Waals surface area (Å²) in [6, 6.07) is 11.3. The van der Waals surface area contributed by atoms with Gasteiger partial charge in [-0.05, 0) is 37.3 Å². The Labute approximate surface area is 123 Å². The van der Waals surface area contributed by atoms with E-state index in [1.54, 1.807) is 12.3 Å². The van der Waals surface area contributed by atoms with Gasteiger partial charge in [0.05, 0.1) is 12.2 Å². The van der Waals surface area contributed by atoms with Gasteiger partial charge in [0.2, 0.25) is 0 Å². The first kappa shape index (κ1) is 14.3. The molecule has 3 N–H and O–H groups in total. The zero-order chi connectivity index (χ0) is 14.5. The Balaban J connectivity index is 2.34. The zero-order valence-electron chi connectivity index (χ0n) is 11.3. The van der Waals surface area contributed by atoms with Gasteiger partial charge in [0.15, 0.2) is 0 Å². The fraction of sp³-hybridized carbons (Fsp3) is 0.200. The second-order valence-electron chi connectivity index (χ2n) is 4.41. The summed E-state index contributed by atoms with van der Waals surface area (Å²) in [6.07, 6.45) is 1.77. The maximum atomic E-state index is 7.70. The summed E-state index contributed by atoms with van der Waals surface area (Å²) in [4.78, 5) is 6.45. The Morgan fingerprint density at radius 2 is 2.15 bits per heavy atom. The van der Waals surface area contributed by atoms with Crippen LogP contribution in [0.4, 0.5) is 5.69 Å². The number of pyridine rings is 1. The van der Waals surface area contributed by atoms with Crippen molar-refractivity contribution in [2.45, 2.75) is 13.5 Å². The molecule has 0 saturated carbocycles. The largest absolute Gasteiger partial charge is 0.384 e. The van der Waals surface area contributed by atoms with E-state index in [2.05, 4.69) is 16.8 Å². The van der Waals surface area contributed by atoms with E-state index < -0.39 is 0 Å². The van der Waals surface area contributed by atoms with Gasteiger partial charge in [0.25, 0.3) is 0 Å². The number of hydrogen-bond donors (Lipinski definition) is 2. The lowest BCUT2D eigenvalue weighted by Crippen LogP contribution is -2.26. The number of anilines is 1. The van der Waals surface area contributed by atoms with Crippen molar-refractivity contribution in [2.24, 2.45) is 5.73 Å². The minimum absolute atomic E-state index is 0.0157. The summed E-state index contributed by atoms with van der Waals surface area (Å²) < 4.78 is 0. The maximum absolute atomic E-state index is 7.70. The predicted molar refractivity (Wildman–Crippen MR) is 83.4 cm³/mol. The molecule has 5 heteroatoms. The van der Waals surface area contributed by atoms with Crippen molar-refractivity contribution in [3.8, 4) is 0 Å². The van der Waals surface area contributed by atoms with E-state index in [4.69, 9.17) is 22.7 Å². The van der Waals surface area contributed by atoms with Crippen LogP contribution in [0.15, 0.2) is 42.6 Å². The zero-order valence-corrected chi connectivity index (χ0v) is 12.1. The molecule has 0 aliphatic rings. The standard InChI is InChI=1S/C15H17ClN4/c1-2-20(10-12-5-3-4-8-19-12)14-7-6-11(16)9-13(14)15(17)18/h3-9H,2,10H2,1H3,(H3,17,18). The summed E-state index contributed by atoms with van der Waals surface area (Å²) in [5.74, 6) is 0.0157. The molecule has 1 aromatic carbocycles. The van der Waals surface area contributed by atoms with Crippen molar-refractivity contribution in [2.75, 3.05) is 11.4 Å². The highest BCUT2D eigenvalue weighted by molar-refractivity contribution is 6.31. The number of nitrogen functional groups attached to an aromatic ring is 1. The van der Waals surface area contributed by atoms with Gasteiger partial charge in [-0.25, -0.2) is 0 Å². The van der Waals surface area contributed by atoms with Gasteiger partial charge in [-0.15, -0.1) is 0 Å². The lowest BCUT2D eigenvalue weighted by molar-refractivity contribution is 0.808. The summed E-state index contributed by atoms with van der Waals surface area (Å²) in [7, 11) is 0. The minimum Gasteiger partial charge on any atom is -0.384 e. The van der Waals surface area contributed by atoms with Crippen molar-refractivity contribution < 1.29 is 0 Å². The number of nitrogens with two attached hydrogens (primary N) is 1. The maximum Gasteiger partial charge on any atom is 0.124 e. The third-order valence-corrected chi connectivity index (χ3v) is 3.29. The predicted octanol–water partition coefficient (Wildman–Crippen LogP) is 3.05. The van der Waals surface area contributed by atoms with Crippen LogP contribution in [0.2, 0.25) is 5.02 Å². The number of benzene rings is 1. The molecule has 1 aromatic heterocycles. The molecule has 2 rings (SSSR count). The Kier molecular flexibility index (Phi) is 4.58. The molecular formula is C15H17ClN4. The van der Waals surface area contributed by atoms with E-state index in [9.17, 15) is 0 Å². The monoisotopic (exact) mass is 288 g/mol. The average Bonchev–Trinajstić information content (AvgIpc) is 2.46. The van der Waals surface area contributed by atoms with E-state index in [-0.39, 0.29) is 5.84 Å². The van der Waals surface area contributed by atoms with Crippen LogP contribution < -0.4 is 10.6 Å². The van der Waals surface area contributed by atoms with E-state index in [1.807, 2.05) is 30.3 Å². The molecule has 0 atom stereocenters. The number of rotatable bonds is 5. The van der Waals surface area contributed by atoms with Crippen LogP contribution >= 0.6 is 11.6 Å². The smallest absolute Gasteiger partial charge is 0.124 e. The SMILES string of the molecule is CCN(Cc1ccccn1)c1ccc(Cl)cc1C(=N)N. The summed E-state index contributed by atoms with van der Waals surface area (Å²) in [5, 5.41) is 8.27. The van der Waals surface area contributed by atoms with Gasteiger partial charge in [-0.3, -0.25) is 10.4 Å². The summed E-state index contributed by atoms with van der Waals surface area (Å²) in [5.41, 5.74) is 8.17. The lowest BCUT2D eigenvalue weighted by atomic mass is 10.1. The molecule has 1 heterocycles. The topological polar surface area (TPSA) is 66.0 Å². The molecule has 0 unspecified atom stereocenters. The van der Waals surface area contributed by atoms with Gasteiger partial charge in [0.1, 0.15) is 5.84 Å². The third-order valence-electron chi connectivity index (χ3n) is 3.05. The molecule has 0 fully saturated rings. The van der Waals surface area contributed by atoms with Crippen molar-refractivity contribution in [1.29, 1.82) is 5.41 Å². The highest BCUT2D eigenvalue weighted by Gasteiger charge is 2.13. The first-order valence-electron chi connectivity index (χ1n) is 6.40. The molecule has 0 saturated heterocycles. The van der Waals surface area contributed by atoms with Gasteiger partial charge in [-0.1, -0.05) is 17.7 Å². The highest BCUT2D eigenvalue weighted by atomic mass is 35.5. The van der Waals surface area contributed by atoms with Crippen LogP contribution in [0.25, 0.3) is 0 Å². The molecule has 4 nitrogen and oxygen atoms in total. The number of halogens is 1. The molecule has 20 heavy (non-hydrogen) atoms. The number of nitrogens with one attached hydrogen (secondary N) is 1.